The maximum Gasteiger partial charge on any atom is 0.268 e. The molecule has 3 amide bonds. The lowest BCUT2D eigenvalue weighted by Gasteiger charge is -2.29. The molecule has 1 heterocycles. The summed E-state index contributed by atoms with van der Waals surface area (Å²) in [6.07, 6.45) is 2.06. The zero-order valence-electron chi connectivity index (χ0n) is 21.6. The zero-order valence-corrected chi connectivity index (χ0v) is 23.1. The van der Waals surface area contributed by atoms with Crippen molar-refractivity contribution in [2.45, 2.75) is 78.4 Å². The Labute approximate surface area is 222 Å². The van der Waals surface area contributed by atoms with Crippen LogP contribution in [-0.4, -0.2) is 40.8 Å². The van der Waals surface area contributed by atoms with Gasteiger partial charge < -0.3 is 20.9 Å². The van der Waals surface area contributed by atoms with Gasteiger partial charge in [-0.15, -0.1) is 0 Å². The summed E-state index contributed by atoms with van der Waals surface area (Å²) in [5.74, 6) is -0.846. The molecule has 0 fully saturated rings. The highest BCUT2D eigenvalue weighted by atomic mass is 35.5. The molecule has 0 spiro atoms. The summed E-state index contributed by atoms with van der Waals surface area (Å²) < 4.78 is 0. The Bertz CT molecular complexity index is 1150. The van der Waals surface area contributed by atoms with Crippen molar-refractivity contribution in [1.82, 2.24) is 20.9 Å². The number of aromatic amines is 1. The lowest BCUT2D eigenvalue weighted by molar-refractivity contribution is -0.124. The van der Waals surface area contributed by atoms with Crippen LogP contribution in [0.5, 0.6) is 0 Å². The number of rotatable bonds is 11. The van der Waals surface area contributed by atoms with E-state index >= 15 is 0 Å². The van der Waals surface area contributed by atoms with E-state index in [1.165, 1.54) is 0 Å². The largest absolute Gasteiger partial charge is 0.354 e. The van der Waals surface area contributed by atoms with Crippen LogP contribution >= 0.6 is 23.2 Å². The van der Waals surface area contributed by atoms with Gasteiger partial charge in [0.15, 0.2) is 0 Å². The number of hydrogen-bond acceptors (Lipinski definition) is 4. The van der Waals surface area contributed by atoms with E-state index < -0.39 is 29.4 Å². The summed E-state index contributed by atoms with van der Waals surface area (Å²) in [5.41, 5.74) is 0.0839. The smallest absolute Gasteiger partial charge is 0.268 e. The average molecular weight is 537 g/mol. The number of amides is 3. The number of aromatic nitrogens is 1. The van der Waals surface area contributed by atoms with E-state index in [1.54, 1.807) is 18.2 Å². The summed E-state index contributed by atoms with van der Waals surface area (Å²) >= 11 is 12.3. The van der Waals surface area contributed by atoms with Crippen LogP contribution in [0.15, 0.2) is 18.2 Å². The Morgan fingerprint density at radius 2 is 1.81 bits per heavy atom. The van der Waals surface area contributed by atoms with Crippen LogP contribution in [0.3, 0.4) is 0 Å². The highest BCUT2D eigenvalue weighted by Crippen LogP contribution is 2.31. The van der Waals surface area contributed by atoms with Gasteiger partial charge in [-0.3, -0.25) is 14.4 Å². The van der Waals surface area contributed by atoms with Crippen molar-refractivity contribution in [3.05, 3.63) is 33.9 Å². The minimum atomic E-state index is -0.859. The van der Waals surface area contributed by atoms with Crippen LogP contribution < -0.4 is 16.0 Å². The zero-order chi connectivity index (χ0) is 27.3. The second-order valence-corrected chi connectivity index (χ2v) is 12.0. The first-order valence-electron chi connectivity index (χ1n) is 11.8. The van der Waals surface area contributed by atoms with E-state index in [9.17, 15) is 19.6 Å². The van der Waals surface area contributed by atoms with E-state index in [-0.39, 0.29) is 17.0 Å². The number of nitrogens with zero attached hydrogens (tertiary/aromatic N) is 1. The number of nitriles is 1. The molecule has 196 valence electrons. The topological polar surface area (TPSA) is 127 Å². The van der Waals surface area contributed by atoms with E-state index in [2.05, 4.69) is 27.0 Å². The van der Waals surface area contributed by atoms with Gasteiger partial charge in [-0.1, -0.05) is 57.0 Å². The summed E-state index contributed by atoms with van der Waals surface area (Å²) in [7, 11) is 0. The van der Waals surface area contributed by atoms with Gasteiger partial charge in [-0.2, -0.15) is 5.26 Å². The predicted octanol–water partition coefficient (Wildman–Crippen LogP) is 4.96. The highest BCUT2D eigenvalue weighted by molar-refractivity contribution is 6.45. The number of carbonyl (C=O) groups excluding carboxylic acids is 3. The lowest BCUT2D eigenvalue weighted by atomic mass is 9.86. The van der Waals surface area contributed by atoms with Crippen LogP contribution in [0.25, 0.3) is 10.9 Å². The number of hydrogen-bond donors (Lipinski definition) is 4. The fourth-order valence-corrected chi connectivity index (χ4v) is 4.69. The lowest BCUT2D eigenvalue weighted by Crippen LogP contribution is -2.51. The third-order valence-corrected chi connectivity index (χ3v) is 6.59. The van der Waals surface area contributed by atoms with Gasteiger partial charge in [-0.25, -0.2) is 0 Å². The predicted molar refractivity (Wildman–Crippen MR) is 143 cm³/mol. The third kappa shape index (κ3) is 8.42. The van der Waals surface area contributed by atoms with Crippen molar-refractivity contribution >= 4 is 52.3 Å². The Hall–Kier alpha value is -2.76. The molecule has 1 aromatic carbocycles. The quantitative estimate of drug-likeness (QED) is 0.303. The second-order valence-electron chi connectivity index (χ2n) is 11.2. The molecule has 2 aromatic rings. The van der Waals surface area contributed by atoms with Gasteiger partial charge in [0.1, 0.15) is 17.8 Å². The highest BCUT2D eigenvalue weighted by Gasteiger charge is 2.30. The van der Waals surface area contributed by atoms with Crippen LogP contribution in [0.4, 0.5) is 0 Å². The molecule has 4 N–H and O–H groups in total. The van der Waals surface area contributed by atoms with Gasteiger partial charge in [0, 0.05) is 10.9 Å². The molecule has 0 saturated carbocycles. The number of fused-ring (bicyclic) bond motifs is 1. The van der Waals surface area contributed by atoms with Gasteiger partial charge >= 0.3 is 0 Å². The van der Waals surface area contributed by atoms with Gasteiger partial charge in [0.2, 0.25) is 12.3 Å². The molecule has 0 bridgehead atoms. The number of carbonyl (C=O) groups is 3. The molecule has 0 unspecified atom stereocenters. The van der Waals surface area contributed by atoms with Gasteiger partial charge in [0.05, 0.1) is 21.6 Å². The molecule has 36 heavy (non-hydrogen) atoms. The summed E-state index contributed by atoms with van der Waals surface area (Å²) in [6, 6.07) is 5.59. The first-order valence-corrected chi connectivity index (χ1v) is 12.6. The molecular weight excluding hydrogens is 501 g/mol. The molecule has 1 aromatic heterocycles. The Kier molecular flexibility index (Phi) is 9.81. The molecule has 0 saturated heterocycles. The van der Waals surface area contributed by atoms with E-state index in [0.717, 1.165) is 5.39 Å². The monoisotopic (exact) mass is 535 g/mol. The van der Waals surface area contributed by atoms with E-state index in [0.29, 0.717) is 41.2 Å². The van der Waals surface area contributed by atoms with Crippen molar-refractivity contribution in [2.24, 2.45) is 11.3 Å². The molecule has 2 rings (SSSR count). The van der Waals surface area contributed by atoms with Crippen molar-refractivity contribution in [3.8, 4) is 6.07 Å². The maximum atomic E-state index is 13.2. The first-order chi connectivity index (χ1) is 16.7. The van der Waals surface area contributed by atoms with Crippen LogP contribution in [0.2, 0.25) is 10.0 Å². The normalized spacial score (nSPS) is 14.4. The van der Waals surface area contributed by atoms with Crippen LogP contribution in [0.1, 0.15) is 71.3 Å². The number of nitrogens with one attached hydrogen (secondary N) is 4. The van der Waals surface area contributed by atoms with Crippen molar-refractivity contribution in [3.63, 3.8) is 0 Å². The number of halogens is 2. The fourth-order valence-electron chi connectivity index (χ4n) is 4.31. The summed E-state index contributed by atoms with van der Waals surface area (Å²) in [4.78, 5) is 40.1. The molecule has 8 nitrogen and oxygen atoms in total. The standard InChI is InChI=1S/C26H35Cl2N5O3/c1-15(11-26(5,6)30-14-34)9-17(13-29)31-24(36)20(12-25(2,3)4)33-23(35)19-10-16-7-8-18(27)21(28)22(16)32-19/h7-8,10,14-15,17,20,32H,9,11-12H2,1-6H3,(H,30,34)(H,31,36)(H,33,35)/t15-,17+,20+/m1/s1. The van der Waals surface area contributed by atoms with Crippen molar-refractivity contribution in [1.29, 1.82) is 5.26 Å². The summed E-state index contributed by atoms with van der Waals surface area (Å²) in [5, 5.41) is 19.4. The second kappa shape index (κ2) is 12.0. The van der Waals surface area contributed by atoms with Gasteiger partial charge in [-0.05, 0) is 56.6 Å². The van der Waals surface area contributed by atoms with Crippen LogP contribution in [0, 0.1) is 22.7 Å². The summed E-state index contributed by atoms with van der Waals surface area (Å²) in [6.45, 7) is 11.7. The molecular formula is C26H35Cl2N5O3. The molecule has 10 heteroatoms. The van der Waals surface area contributed by atoms with E-state index in [4.69, 9.17) is 23.2 Å². The SMILES string of the molecule is C[C@H](C[C@@H](C#N)NC(=O)[C@H](CC(C)(C)C)NC(=O)c1cc2ccc(Cl)c(Cl)c2[nH]1)CC(C)(C)NC=O. The number of H-pyrrole nitrogens is 1. The molecule has 0 radical (unpaired) electrons. The minimum absolute atomic E-state index is 0.0518. The van der Waals surface area contributed by atoms with E-state index in [1.807, 2.05) is 41.5 Å². The molecule has 3 atom stereocenters. The van der Waals surface area contributed by atoms with Gasteiger partial charge in [0.25, 0.3) is 5.91 Å². The molecule has 0 aliphatic rings. The van der Waals surface area contributed by atoms with Crippen molar-refractivity contribution < 1.29 is 14.4 Å². The molecule has 0 aliphatic carbocycles. The Morgan fingerprint density at radius 1 is 1.14 bits per heavy atom. The maximum absolute atomic E-state index is 13.2. The number of benzene rings is 1. The molecule has 0 aliphatic heterocycles. The average Bonchev–Trinajstić information content (AvgIpc) is 3.19. The van der Waals surface area contributed by atoms with Crippen molar-refractivity contribution in [2.75, 3.05) is 0 Å². The fraction of sp³-hybridized carbons (Fsp3) is 0.538. The minimum Gasteiger partial charge on any atom is -0.354 e. The first kappa shape index (κ1) is 29.5. The van der Waals surface area contributed by atoms with Crippen LogP contribution in [-0.2, 0) is 9.59 Å². The Balaban J connectivity index is 2.15. The third-order valence-electron chi connectivity index (χ3n) is 5.79. The Morgan fingerprint density at radius 3 is 2.39 bits per heavy atom.